The standard InChI is InChI=1S/C18H20N4O3S/c1-10-15(12(3)23)11(2)20-16(10)17(24)13(4)26-18-21-19-9-22(18)8-14-6-5-7-25-14/h5-7,9,13,20H,8H2,1-4H3. The maximum absolute atomic E-state index is 12.9. The number of nitrogens with one attached hydrogen (secondary N) is 1. The summed E-state index contributed by atoms with van der Waals surface area (Å²) in [5.41, 5.74) is 2.48. The minimum Gasteiger partial charge on any atom is -0.467 e. The van der Waals surface area contributed by atoms with Crippen LogP contribution >= 0.6 is 11.8 Å². The van der Waals surface area contributed by atoms with E-state index in [1.54, 1.807) is 26.4 Å². The topological polar surface area (TPSA) is 93.8 Å². The van der Waals surface area contributed by atoms with E-state index in [4.69, 9.17) is 4.42 Å². The highest BCUT2D eigenvalue weighted by atomic mass is 32.2. The van der Waals surface area contributed by atoms with Crippen LogP contribution in [0.1, 0.15) is 51.7 Å². The van der Waals surface area contributed by atoms with Gasteiger partial charge in [0.25, 0.3) is 0 Å². The van der Waals surface area contributed by atoms with Crippen LogP contribution in [0, 0.1) is 13.8 Å². The van der Waals surface area contributed by atoms with Crippen LogP contribution in [0.15, 0.2) is 34.3 Å². The molecule has 3 rings (SSSR count). The van der Waals surface area contributed by atoms with E-state index in [-0.39, 0.29) is 16.8 Å². The fraction of sp³-hybridized carbons (Fsp3) is 0.333. The Balaban J connectivity index is 1.78. The number of furan rings is 1. The highest BCUT2D eigenvalue weighted by Crippen LogP contribution is 2.27. The van der Waals surface area contributed by atoms with Gasteiger partial charge >= 0.3 is 0 Å². The lowest BCUT2D eigenvalue weighted by Crippen LogP contribution is -2.16. The van der Waals surface area contributed by atoms with E-state index in [1.807, 2.05) is 23.6 Å². The van der Waals surface area contributed by atoms with E-state index in [2.05, 4.69) is 15.2 Å². The summed E-state index contributed by atoms with van der Waals surface area (Å²) < 4.78 is 7.18. The second-order valence-corrected chi connectivity index (χ2v) is 7.43. The van der Waals surface area contributed by atoms with Gasteiger partial charge in [-0.15, -0.1) is 10.2 Å². The molecule has 0 fully saturated rings. The Morgan fingerprint density at radius 1 is 1.38 bits per heavy atom. The summed E-state index contributed by atoms with van der Waals surface area (Å²) in [5.74, 6) is 0.664. The average Bonchev–Trinajstić information content (AvgIpc) is 3.29. The summed E-state index contributed by atoms with van der Waals surface area (Å²) in [7, 11) is 0. The lowest BCUT2D eigenvalue weighted by Gasteiger charge is -2.10. The SMILES string of the molecule is CC(=O)c1c(C)[nH]c(C(=O)C(C)Sc2nncn2Cc2ccco2)c1C. The van der Waals surface area contributed by atoms with Gasteiger partial charge in [-0.05, 0) is 45.4 Å². The molecule has 1 unspecified atom stereocenters. The summed E-state index contributed by atoms with van der Waals surface area (Å²) in [6.07, 6.45) is 3.22. The molecule has 0 amide bonds. The monoisotopic (exact) mass is 372 g/mol. The number of ketones is 2. The quantitative estimate of drug-likeness (QED) is 0.504. The van der Waals surface area contributed by atoms with Crippen LogP contribution in [0.5, 0.6) is 0 Å². The van der Waals surface area contributed by atoms with Crippen molar-refractivity contribution in [3.05, 3.63) is 53.0 Å². The van der Waals surface area contributed by atoms with Crippen LogP contribution in [0.3, 0.4) is 0 Å². The van der Waals surface area contributed by atoms with Crippen molar-refractivity contribution < 1.29 is 14.0 Å². The fourth-order valence-corrected chi connectivity index (χ4v) is 3.84. The Morgan fingerprint density at radius 3 is 2.77 bits per heavy atom. The first kappa shape index (κ1) is 18.2. The van der Waals surface area contributed by atoms with Crippen molar-refractivity contribution in [3.8, 4) is 0 Å². The highest BCUT2D eigenvalue weighted by molar-refractivity contribution is 8.00. The normalized spacial score (nSPS) is 12.3. The maximum atomic E-state index is 12.9. The van der Waals surface area contributed by atoms with Crippen LogP contribution < -0.4 is 0 Å². The number of aromatic nitrogens is 4. The number of aryl methyl sites for hydroxylation is 1. The molecule has 0 saturated heterocycles. The summed E-state index contributed by atoms with van der Waals surface area (Å²) in [4.78, 5) is 27.7. The molecule has 136 valence electrons. The van der Waals surface area contributed by atoms with Crippen LogP contribution in [0.25, 0.3) is 0 Å². The van der Waals surface area contributed by atoms with Crippen LogP contribution in [0.4, 0.5) is 0 Å². The van der Waals surface area contributed by atoms with Crippen molar-refractivity contribution in [1.82, 2.24) is 19.7 Å². The second kappa shape index (κ2) is 7.33. The van der Waals surface area contributed by atoms with Gasteiger partial charge in [0.15, 0.2) is 16.7 Å². The third-order valence-electron chi connectivity index (χ3n) is 4.17. The van der Waals surface area contributed by atoms with Crippen molar-refractivity contribution in [2.24, 2.45) is 0 Å². The first-order valence-corrected chi connectivity index (χ1v) is 9.07. The van der Waals surface area contributed by atoms with Gasteiger partial charge in [-0.25, -0.2) is 0 Å². The number of hydrogen-bond donors (Lipinski definition) is 1. The van der Waals surface area contributed by atoms with Gasteiger partial charge in [-0.1, -0.05) is 11.8 Å². The number of H-pyrrole nitrogens is 1. The number of nitrogens with zero attached hydrogens (tertiary/aromatic N) is 3. The van der Waals surface area contributed by atoms with Gasteiger partial charge in [-0.2, -0.15) is 0 Å². The molecule has 0 aromatic carbocycles. The van der Waals surface area contributed by atoms with Crippen LogP contribution in [-0.4, -0.2) is 36.6 Å². The molecule has 8 heteroatoms. The molecule has 0 spiro atoms. The van der Waals surface area contributed by atoms with Crippen molar-refractivity contribution in [2.45, 2.75) is 44.6 Å². The van der Waals surface area contributed by atoms with Gasteiger partial charge in [0.1, 0.15) is 12.1 Å². The van der Waals surface area contributed by atoms with Gasteiger partial charge in [0.2, 0.25) is 0 Å². The highest BCUT2D eigenvalue weighted by Gasteiger charge is 2.25. The maximum Gasteiger partial charge on any atom is 0.192 e. The molecule has 3 aromatic heterocycles. The third kappa shape index (κ3) is 3.50. The Bertz CT molecular complexity index is 940. The molecule has 0 aliphatic rings. The van der Waals surface area contributed by atoms with Gasteiger partial charge in [-0.3, -0.25) is 9.59 Å². The zero-order chi connectivity index (χ0) is 18.8. The average molecular weight is 372 g/mol. The Kier molecular flexibility index (Phi) is 5.13. The van der Waals surface area contributed by atoms with E-state index in [9.17, 15) is 9.59 Å². The summed E-state index contributed by atoms with van der Waals surface area (Å²) in [5, 5.41) is 8.29. The van der Waals surface area contributed by atoms with Crippen LogP contribution in [-0.2, 0) is 6.54 Å². The number of Topliss-reactive ketones (excluding diaryl/α,β-unsaturated/α-hetero) is 2. The Hall–Kier alpha value is -2.61. The Morgan fingerprint density at radius 2 is 2.15 bits per heavy atom. The van der Waals surface area contributed by atoms with E-state index < -0.39 is 0 Å². The minimum absolute atomic E-state index is 0.0474. The molecule has 0 bridgehead atoms. The van der Waals surface area contributed by atoms with E-state index in [0.29, 0.717) is 28.5 Å². The Labute approximate surface area is 155 Å². The van der Waals surface area contributed by atoms with E-state index in [1.165, 1.54) is 18.7 Å². The predicted octanol–water partition coefficient (Wildman–Crippen LogP) is 3.43. The van der Waals surface area contributed by atoms with Crippen LogP contribution in [0.2, 0.25) is 0 Å². The number of rotatable bonds is 7. The van der Waals surface area contributed by atoms with E-state index >= 15 is 0 Å². The fourth-order valence-electron chi connectivity index (χ4n) is 2.95. The number of thioether (sulfide) groups is 1. The predicted molar refractivity (Wildman–Crippen MR) is 97.8 cm³/mol. The number of carbonyl (C=O) groups is 2. The van der Waals surface area contributed by atoms with Crippen molar-refractivity contribution in [3.63, 3.8) is 0 Å². The molecule has 3 heterocycles. The molecule has 26 heavy (non-hydrogen) atoms. The zero-order valence-electron chi connectivity index (χ0n) is 15.1. The molecule has 0 aliphatic heterocycles. The molecule has 1 atom stereocenters. The van der Waals surface area contributed by atoms with Gasteiger partial charge in [0, 0.05) is 11.3 Å². The molecule has 0 saturated carbocycles. The van der Waals surface area contributed by atoms with E-state index in [0.717, 1.165) is 11.5 Å². The second-order valence-electron chi connectivity index (χ2n) is 6.13. The first-order chi connectivity index (χ1) is 12.4. The molecule has 3 aromatic rings. The molecule has 7 nitrogen and oxygen atoms in total. The molecular formula is C18H20N4O3S. The summed E-state index contributed by atoms with van der Waals surface area (Å²) in [6, 6.07) is 3.69. The summed E-state index contributed by atoms with van der Waals surface area (Å²) in [6.45, 7) is 7.43. The lowest BCUT2D eigenvalue weighted by molar-refractivity contribution is 0.0988. The molecule has 0 aliphatic carbocycles. The lowest BCUT2D eigenvalue weighted by atomic mass is 10.0. The van der Waals surface area contributed by atoms with Crippen molar-refractivity contribution in [2.75, 3.05) is 0 Å². The van der Waals surface area contributed by atoms with Crippen molar-refractivity contribution >= 4 is 23.3 Å². The number of hydrogen-bond acceptors (Lipinski definition) is 6. The third-order valence-corrected chi connectivity index (χ3v) is 5.27. The first-order valence-electron chi connectivity index (χ1n) is 8.19. The largest absolute Gasteiger partial charge is 0.467 e. The number of carbonyl (C=O) groups excluding carboxylic acids is 2. The molecular weight excluding hydrogens is 352 g/mol. The van der Waals surface area contributed by atoms with Crippen molar-refractivity contribution in [1.29, 1.82) is 0 Å². The number of aromatic amines is 1. The molecule has 1 N–H and O–H groups in total. The van der Waals surface area contributed by atoms with Gasteiger partial charge in [0.05, 0.1) is 23.8 Å². The zero-order valence-corrected chi connectivity index (χ0v) is 15.9. The summed E-state index contributed by atoms with van der Waals surface area (Å²) >= 11 is 1.33. The minimum atomic E-state index is -0.383. The smallest absolute Gasteiger partial charge is 0.192 e. The molecule has 0 radical (unpaired) electrons. The van der Waals surface area contributed by atoms with Gasteiger partial charge < -0.3 is 14.0 Å².